The first-order valence-electron chi connectivity index (χ1n) is 22.9. The van der Waals surface area contributed by atoms with E-state index >= 15 is 4.39 Å². The SMILES string of the molecule is O=C1CCC(c2nn(C3CC3)c3c(C#CCO[C@@H]4CCN(CC5CCC(n6cc(NC(=O)c7cnn8ccc(N9CCOC(CO)C9)nc78)c(C(F)F)n6)CC5)C[C@@H]4F)cccc23)C(=O)N1. The lowest BCUT2D eigenvalue weighted by atomic mass is 9.85. The lowest BCUT2D eigenvalue weighted by Gasteiger charge is -2.38. The Morgan fingerprint density at radius 3 is 2.64 bits per heavy atom. The largest absolute Gasteiger partial charge is 0.394 e. The minimum absolute atomic E-state index is 0.0658. The molecule has 2 saturated carbocycles. The van der Waals surface area contributed by atoms with Crippen LogP contribution >= 0.6 is 0 Å². The molecule has 17 nitrogen and oxygen atoms in total. The molecule has 2 aliphatic carbocycles. The zero-order valence-electron chi connectivity index (χ0n) is 36.3. The van der Waals surface area contributed by atoms with E-state index in [2.05, 4.69) is 42.6 Å². The van der Waals surface area contributed by atoms with Gasteiger partial charge in [0.1, 0.15) is 24.2 Å². The average Bonchev–Trinajstić information content (AvgIpc) is 3.74. The molecule has 5 fully saturated rings. The number of hydrogen-bond donors (Lipinski definition) is 3. The lowest BCUT2D eigenvalue weighted by Crippen LogP contribution is -2.47. The van der Waals surface area contributed by atoms with Crippen molar-refractivity contribution in [3.63, 3.8) is 0 Å². The Morgan fingerprint density at radius 1 is 1.03 bits per heavy atom. The van der Waals surface area contributed by atoms with E-state index in [-0.39, 0.29) is 73.1 Å². The van der Waals surface area contributed by atoms with E-state index in [0.29, 0.717) is 69.4 Å². The molecule has 3 aliphatic heterocycles. The van der Waals surface area contributed by atoms with Gasteiger partial charge >= 0.3 is 0 Å². The second-order valence-corrected chi connectivity index (χ2v) is 18.1. The number of nitrogens with zero attached hydrogens (tertiary/aromatic N) is 9. The van der Waals surface area contributed by atoms with Crippen molar-refractivity contribution in [3.05, 3.63) is 65.4 Å². The number of morpholine rings is 1. The van der Waals surface area contributed by atoms with Crippen LogP contribution < -0.4 is 15.5 Å². The van der Waals surface area contributed by atoms with E-state index in [0.717, 1.165) is 48.7 Å². The van der Waals surface area contributed by atoms with Gasteiger partial charge in [0.15, 0.2) is 11.3 Å². The summed E-state index contributed by atoms with van der Waals surface area (Å²) in [6, 6.07) is 7.61. The Morgan fingerprint density at radius 2 is 1.86 bits per heavy atom. The average molecular weight is 912 g/mol. The Labute approximate surface area is 378 Å². The van der Waals surface area contributed by atoms with E-state index in [4.69, 9.17) is 14.6 Å². The van der Waals surface area contributed by atoms with Crippen LogP contribution in [0.15, 0.2) is 42.9 Å². The molecule has 348 valence electrons. The van der Waals surface area contributed by atoms with E-state index in [9.17, 15) is 28.3 Å². The third-order valence-corrected chi connectivity index (χ3v) is 13.6. The summed E-state index contributed by atoms with van der Waals surface area (Å²) in [5.41, 5.74) is 2.08. The number of piperidine rings is 2. The Bertz CT molecular complexity index is 2680. The maximum Gasteiger partial charge on any atom is 0.284 e. The standard InChI is InChI=1S/C46H52F3N11O6/c47-35-24-56(16-14-37(35)66-19-2-4-28-3-1-5-32-40(33-12-13-39(62)53-45(33)63)55-60(42(28)32)30-10-11-30)22-27-6-8-29(9-7-27)59-25-36(41(54-59)43(48)49)51-46(64)34-21-50-58-17-15-38(52-44(34)58)57-18-20-65-31(23-57)26-61/h1,3,5,15,17,21,25,27,29-31,33,35,37,43,61H,6-14,16,18-20,22-24,26H2,(H,51,64)(H,53,62,63)/t27?,29?,31?,33?,35-,37+/m0/s1. The molecule has 7 heterocycles. The summed E-state index contributed by atoms with van der Waals surface area (Å²) >= 11 is 0. The van der Waals surface area contributed by atoms with Gasteiger partial charge in [-0.25, -0.2) is 22.7 Å². The number of nitrogens with one attached hydrogen (secondary N) is 2. The number of aromatic nitrogens is 7. The molecule has 1 aromatic carbocycles. The number of fused-ring (bicyclic) bond motifs is 2. The van der Waals surface area contributed by atoms with Crippen molar-refractivity contribution < 1.29 is 42.1 Å². The summed E-state index contributed by atoms with van der Waals surface area (Å²) in [6.45, 7) is 2.98. The van der Waals surface area contributed by atoms with Crippen LogP contribution in [0.3, 0.4) is 0 Å². The van der Waals surface area contributed by atoms with Crippen molar-refractivity contribution in [1.82, 2.24) is 44.4 Å². The fraction of sp³-hybridized carbons (Fsp3) is 0.543. The number of imide groups is 1. The van der Waals surface area contributed by atoms with Crippen LogP contribution in [0.5, 0.6) is 0 Å². The van der Waals surface area contributed by atoms with Gasteiger partial charge < -0.3 is 24.8 Å². The number of ether oxygens (including phenoxy) is 2. The van der Waals surface area contributed by atoms with Gasteiger partial charge in [-0.3, -0.25) is 34.0 Å². The van der Waals surface area contributed by atoms with Gasteiger partial charge in [-0.2, -0.15) is 15.3 Å². The molecule has 0 radical (unpaired) electrons. The van der Waals surface area contributed by atoms with Gasteiger partial charge in [0.25, 0.3) is 12.3 Å². The molecule has 4 atom stereocenters. The number of amides is 3. The number of aliphatic hydroxyl groups excluding tert-OH is 1. The lowest BCUT2D eigenvalue weighted by molar-refractivity contribution is -0.134. The Kier molecular flexibility index (Phi) is 12.5. The van der Waals surface area contributed by atoms with Gasteiger partial charge in [0.2, 0.25) is 11.8 Å². The number of halogens is 3. The highest BCUT2D eigenvalue weighted by molar-refractivity contribution is 6.08. The topological polar surface area (TPSA) is 186 Å². The number of aliphatic hydroxyl groups is 1. The quantitative estimate of drug-likeness (QED) is 0.116. The number of carbonyl (C=O) groups excluding carboxylic acids is 3. The fourth-order valence-corrected chi connectivity index (χ4v) is 9.92. The smallest absolute Gasteiger partial charge is 0.284 e. The van der Waals surface area contributed by atoms with Crippen LogP contribution in [0.4, 0.5) is 24.7 Å². The van der Waals surface area contributed by atoms with Crippen LogP contribution in [0.1, 0.15) is 110 Å². The molecule has 3 saturated heterocycles. The summed E-state index contributed by atoms with van der Waals surface area (Å²) in [7, 11) is 0. The number of para-hydroxylation sites is 1. The zero-order valence-corrected chi connectivity index (χ0v) is 36.3. The number of hydrogen-bond acceptors (Lipinski definition) is 12. The minimum Gasteiger partial charge on any atom is -0.394 e. The highest BCUT2D eigenvalue weighted by Crippen LogP contribution is 2.41. The molecule has 0 spiro atoms. The first kappa shape index (κ1) is 44.0. The highest BCUT2D eigenvalue weighted by atomic mass is 19.3. The molecular formula is C46H52F3N11O6. The van der Waals surface area contributed by atoms with Crippen LogP contribution in [0.25, 0.3) is 16.6 Å². The van der Waals surface area contributed by atoms with Crippen LogP contribution in [0, 0.1) is 17.8 Å². The maximum atomic E-state index is 15.6. The maximum absolute atomic E-state index is 15.6. The minimum atomic E-state index is -2.92. The first-order valence-corrected chi connectivity index (χ1v) is 22.9. The summed E-state index contributed by atoms with van der Waals surface area (Å²) in [5, 5.41) is 28.9. The van der Waals surface area contributed by atoms with Crippen LogP contribution in [0.2, 0.25) is 0 Å². The van der Waals surface area contributed by atoms with E-state index in [1.54, 1.807) is 16.9 Å². The van der Waals surface area contributed by atoms with Gasteiger partial charge in [-0.15, -0.1) is 0 Å². The predicted molar refractivity (Wildman–Crippen MR) is 234 cm³/mol. The monoisotopic (exact) mass is 911 g/mol. The van der Waals surface area contributed by atoms with Crippen molar-refractivity contribution in [2.45, 2.75) is 101 Å². The summed E-state index contributed by atoms with van der Waals surface area (Å²) in [4.78, 5) is 46.8. The van der Waals surface area contributed by atoms with Gasteiger partial charge in [0, 0.05) is 56.9 Å². The molecule has 2 unspecified atom stereocenters. The summed E-state index contributed by atoms with van der Waals surface area (Å²) < 4.78 is 60.7. The van der Waals surface area contributed by atoms with E-state index < -0.39 is 36.2 Å². The predicted octanol–water partition coefficient (Wildman–Crippen LogP) is 4.73. The normalized spacial score (nSPS) is 25.3. The fourth-order valence-electron chi connectivity index (χ4n) is 9.92. The molecule has 0 bridgehead atoms. The zero-order chi connectivity index (χ0) is 45.5. The molecule has 10 rings (SSSR count). The van der Waals surface area contributed by atoms with Gasteiger partial charge in [0.05, 0.1) is 72.1 Å². The molecule has 5 aliphatic rings. The third kappa shape index (κ3) is 9.13. The first-order chi connectivity index (χ1) is 32.1. The van der Waals surface area contributed by atoms with E-state index in [1.807, 2.05) is 27.8 Å². The number of anilines is 2. The summed E-state index contributed by atoms with van der Waals surface area (Å²) in [6.07, 6.45) is 5.70. The van der Waals surface area contributed by atoms with Crippen molar-refractivity contribution in [3.8, 4) is 11.8 Å². The number of benzene rings is 1. The molecule has 4 aromatic heterocycles. The molecule has 5 aromatic rings. The molecule has 66 heavy (non-hydrogen) atoms. The van der Waals surface area contributed by atoms with Crippen LogP contribution in [-0.4, -0.2) is 133 Å². The van der Waals surface area contributed by atoms with Crippen LogP contribution in [-0.2, 0) is 19.1 Å². The van der Waals surface area contributed by atoms with Crippen molar-refractivity contribution in [2.24, 2.45) is 5.92 Å². The molecule has 3 N–H and O–H groups in total. The summed E-state index contributed by atoms with van der Waals surface area (Å²) in [5.74, 6) is 5.46. The molecule has 3 amide bonds. The highest BCUT2D eigenvalue weighted by Gasteiger charge is 2.36. The number of likely N-dealkylation sites (tertiary alicyclic amines) is 1. The number of alkyl halides is 3. The number of rotatable bonds is 12. The third-order valence-electron chi connectivity index (χ3n) is 13.6. The molecular weight excluding hydrogens is 860 g/mol. The second-order valence-electron chi connectivity index (χ2n) is 18.1. The Balaban J connectivity index is 0.712. The number of carbonyl (C=O) groups is 3. The van der Waals surface area contributed by atoms with Crippen molar-refractivity contribution >= 4 is 45.8 Å². The molecule has 20 heteroatoms. The van der Waals surface area contributed by atoms with E-state index in [1.165, 1.54) is 16.9 Å². The van der Waals surface area contributed by atoms with Crippen molar-refractivity contribution in [1.29, 1.82) is 0 Å². The van der Waals surface area contributed by atoms with Crippen molar-refractivity contribution in [2.75, 3.05) is 62.8 Å². The van der Waals surface area contributed by atoms with Gasteiger partial charge in [-0.1, -0.05) is 24.0 Å². The van der Waals surface area contributed by atoms with Gasteiger partial charge in [-0.05, 0) is 69.4 Å². The second kappa shape index (κ2) is 18.8. The Hall–Kier alpha value is -5.88.